The summed E-state index contributed by atoms with van der Waals surface area (Å²) in [5.41, 5.74) is 2.64. The number of allylic oxidation sites excluding steroid dienone is 2. The van der Waals surface area contributed by atoms with Gasteiger partial charge in [0.1, 0.15) is 18.1 Å². The largest absolute Gasteiger partial charge is 0.488 e. The molecule has 1 heterocycles. The molecule has 0 fully saturated rings. The minimum atomic E-state index is -4.49. The number of aromatic nitrogens is 1. The van der Waals surface area contributed by atoms with E-state index in [4.69, 9.17) is 4.74 Å². The summed E-state index contributed by atoms with van der Waals surface area (Å²) in [4.78, 5) is 15.2. The van der Waals surface area contributed by atoms with Gasteiger partial charge in [-0.25, -0.2) is 9.78 Å². The van der Waals surface area contributed by atoms with E-state index in [2.05, 4.69) is 4.98 Å². The first-order valence-electron chi connectivity index (χ1n) is 10.1. The molecular weight excluding hydrogens is 419 g/mol. The molecule has 1 aromatic heterocycles. The van der Waals surface area contributed by atoms with E-state index in [1.165, 1.54) is 18.3 Å². The van der Waals surface area contributed by atoms with Gasteiger partial charge in [0.05, 0.1) is 5.56 Å². The van der Waals surface area contributed by atoms with E-state index in [9.17, 15) is 23.1 Å². The summed E-state index contributed by atoms with van der Waals surface area (Å²) in [6.07, 6.45) is -1.13. The fraction of sp³-hybridized carbons (Fsp3) is 0.200. The van der Waals surface area contributed by atoms with E-state index in [1.54, 1.807) is 6.07 Å². The van der Waals surface area contributed by atoms with Crippen LogP contribution in [0.25, 0.3) is 11.1 Å². The van der Waals surface area contributed by atoms with Crippen molar-refractivity contribution in [2.45, 2.75) is 32.0 Å². The van der Waals surface area contributed by atoms with E-state index in [-0.39, 0.29) is 12.3 Å². The highest BCUT2D eigenvalue weighted by molar-refractivity contribution is 5.96. The Morgan fingerprint density at radius 1 is 1.00 bits per heavy atom. The van der Waals surface area contributed by atoms with Gasteiger partial charge in [-0.05, 0) is 71.9 Å². The van der Waals surface area contributed by atoms with Crippen LogP contribution in [0, 0.1) is 0 Å². The lowest BCUT2D eigenvalue weighted by Gasteiger charge is -2.17. The van der Waals surface area contributed by atoms with Gasteiger partial charge in [-0.15, -0.1) is 0 Å². The lowest BCUT2D eigenvalue weighted by molar-refractivity contribution is -0.137. The molecule has 2 aromatic carbocycles. The predicted octanol–water partition coefficient (Wildman–Crippen LogP) is 6.47. The van der Waals surface area contributed by atoms with Crippen molar-refractivity contribution in [1.29, 1.82) is 0 Å². The molecule has 0 aliphatic heterocycles. The van der Waals surface area contributed by atoms with Crippen molar-refractivity contribution in [3.63, 3.8) is 0 Å². The predicted molar refractivity (Wildman–Crippen MR) is 114 cm³/mol. The third kappa shape index (κ3) is 4.66. The van der Waals surface area contributed by atoms with E-state index < -0.39 is 17.7 Å². The third-order valence-electron chi connectivity index (χ3n) is 5.41. The first-order valence-corrected chi connectivity index (χ1v) is 10.1. The van der Waals surface area contributed by atoms with Gasteiger partial charge in [0.2, 0.25) is 0 Å². The summed E-state index contributed by atoms with van der Waals surface area (Å²) in [6, 6.07) is 16.0. The number of aromatic carboxylic acids is 1. The monoisotopic (exact) mass is 439 g/mol. The Morgan fingerprint density at radius 2 is 1.75 bits per heavy atom. The van der Waals surface area contributed by atoms with E-state index in [1.807, 2.05) is 30.3 Å². The molecule has 0 spiro atoms. The SMILES string of the molecule is O=C(O)c1cc(C2=C(c3cc(C(F)(F)F)ccc3OCc3ccccc3)CCC2)ccn1. The maximum atomic E-state index is 13.5. The number of hydrogen-bond donors (Lipinski definition) is 1. The van der Waals surface area contributed by atoms with Crippen LogP contribution >= 0.6 is 0 Å². The number of ether oxygens (including phenoxy) is 1. The molecule has 0 radical (unpaired) electrons. The number of pyridine rings is 1. The number of alkyl halides is 3. The van der Waals surface area contributed by atoms with Crippen LogP contribution in [-0.4, -0.2) is 16.1 Å². The second-order valence-corrected chi connectivity index (χ2v) is 7.53. The maximum absolute atomic E-state index is 13.5. The van der Waals surface area contributed by atoms with Crippen LogP contribution in [0.1, 0.15) is 52.0 Å². The maximum Gasteiger partial charge on any atom is 0.416 e. The number of rotatable bonds is 6. The molecule has 4 nitrogen and oxygen atoms in total. The highest BCUT2D eigenvalue weighted by atomic mass is 19.4. The Bertz CT molecular complexity index is 1170. The molecule has 1 aliphatic rings. The molecule has 0 saturated heterocycles. The first-order chi connectivity index (χ1) is 15.3. The van der Waals surface area contributed by atoms with Gasteiger partial charge in [-0.3, -0.25) is 0 Å². The second-order valence-electron chi connectivity index (χ2n) is 7.53. The summed E-state index contributed by atoms with van der Waals surface area (Å²) in [6.45, 7) is 0.222. The van der Waals surface area contributed by atoms with Crippen LogP contribution in [-0.2, 0) is 12.8 Å². The molecule has 0 bridgehead atoms. The zero-order chi connectivity index (χ0) is 22.7. The van der Waals surface area contributed by atoms with Gasteiger partial charge in [0.15, 0.2) is 0 Å². The number of carboxylic acid groups (broad SMARTS) is 1. The highest BCUT2D eigenvalue weighted by Gasteiger charge is 2.32. The summed E-state index contributed by atoms with van der Waals surface area (Å²) in [7, 11) is 0. The summed E-state index contributed by atoms with van der Waals surface area (Å²) >= 11 is 0. The Morgan fingerprint density at radius 3 is 2.47 bits per heavy atom. The number of nitrogens with zero attached hydrogens (tertiary/aromatic N) is 1. The van der Waals surface area contributed by atoms with Crippen molar-refractivity contribution in [1.82, 2.24) is 4.98 Å². The molecule has 1 aliphatic carbocycles. The van der Waals surface area contributed by atoms with Crippen molar-refractivity contribution in [2.24, 2.45) is 0 Å². The van der Waals surface area contributed by atoms with Crippen LogP contribution in [0.4, 0.5) is 13.2 Å². The fourth-order valence-corrected chi connectivity index (χ4v) is 3.90. The molecule has 0 unspecified atom stereocenters. The zero-order valence-electron chi connectivity index (χ0n) is 17.0. The topological polar surface area (TPSA) is 59.4 Å². The van der Waals surface area contributed by atoms with Crippen molar-refractivity contribution < 1.29 is 27.8 Å². The lowest BCUT2D eigenvalue weighted by Crippen LogP contribution is -2.07. The van der Waals surface area contributed by atoms with Crippen molar-refractivity contribution >= 4 is 17.1 Å². The average molecular weight is 439 g/mol. The van der Waals surface area contributed by atoms with E-state index in [0.29, 0.717) is 29.7 Å². The number of hydrogen-bond acceptors (Lipinski definition) is 3. The molecular formula is C25H20F3NO3. The molecule has 164 valence electrons. The molecule has 7 heteroatoms. The minimum absolute atomic E-state index is 0.106. The third-order valence-corrected chi connectivity index (χ3v) is 5.41. The normalized spacial score (nSPS) is 14.0. The summed E-state index contributed by atoms with van der Waals surface area (Å²) in [5.74, 6) is -0.790. The average Bonchev–Trinajstić information content (AvgIpc) is 3.27. The molecule has 0 atom stereocenters. The molecule has 3 aromatic rings. The second kappa shape index (κ2) is 8.86. The number of carboxylic acids is 1. The van der Waals surface area contributed by atoms with Gasteiger partial charge in [0.25, 0.3) is 0 Å². The smallest absolute Gasteiger partial charge is 0.416 e. The Balaban J connectivity index is 1.79. The van der Waals surface area contributed by atoms with Crippen molar-refractivity contribution in [2.75, 3.05) is 0 Å². The Kier molecular flexibility index (Phi) is 5.99. The van der Waals surface area contributed by atoms with Gasteiger partial charge in [0, 0.05) is 11.8 Å². The Hall–Kier alpha value is -3.61. The quantitative estimate of drug-likeness (QED) is 0.478. The summed E-state index contributed by atoms with van der Waals surface area (Å²) in [5, 5.41) is 9.26. The standard InChI is InChI=1S/C25H20F3NO3/c26-25(27,28)18-9-10-23(32-15-16-5-2-1-3-6-16)21(14-18)20-8-4-7-19(20)17-11-12-29-22(13-17)24(30)31/h1-3,5-6,9-14H,4,7-8,15H2,(H,30,31). The van der Waals surface area contributed by atoms with Crippen LogP contribution in [0.3, 0.4) is 0 Å². The number of benzene rings is 2. The molecule has 4 rings (SSSR count). The van der Waals surface area contributed by atoms with Gasteiger partial charge >= 0.3 is 12.1 Å². The van der Waals surface area contributed by atoms with Crippen LogP contribution in [0.15, 0.2) is 66.9 Å². The Labute approximate surface area is 183 Å². The van der Waals surface area contributed by atoms with E-state index >= 15 is 0 Å². The van der Waals surface area contributed by atoms with Crippen molar-refractivity contribution in [3.05, 3.63) is 94.8 Å². The molecule has 1 N–H and O–H groups in total. The molecule has 0 saturated carbocycles. The van der Waals surface area contributed by atoms with Crippen LogP contribution in [0.2, 0.25) is 0 Å². The summed E-state index contributed by atoms with van der Waals surface area (Å²) < 4.78 is 46.3. The number of halogens is 3. The lowest BCUT2D eigenvalue weighted by atomic mass is 9.95. The van der Waals surface area contributed by atoms with Crippen molar-refractivity contribution in [3.8, 4) is 5.75 Å². The zero-order valence-corrected chi connectivity index (χ0v) is 17.0. The minimum Gasteiger partial charge on any atom is -0.488 e. The van der Waals surface area contributed by atoms with Gasteiger partial charge in [-0.2, -0.15) is 13.2 Å². The molecule has 32 heavy (non-hydrogen) atoms. The van der Waals surface area contributed by atoms with Crippen LogP contribution in [0.5, 0.6) is 5.75 Å². The highest BCUT2D eigenvalue weighted by Crippen LogP contribution is 2.44. The van der Waals surface area contributed by atoms with Gasteiger partial charge < -0.3 is 9.84 Å². The fourth-order valence-electron chi connectivity index (χ4n) is 3.90. The van der Waals surface area contributed by atoms with Crippen LogP contribution < -0.4 is 4.74 Å². The first kappa shape index (κ1) is 21.6. The van der Waals surface area contributed by atoms with E-state index in [0.717, 1.165) is 35.3 Å². The van der Waals surface area contributed by atoms with Gasteiger partial charge in [-0.1, -0.05) is 30.3 Å². The number of carbonyl (C=O) groups is 1. The molecule has 0 amide bonds.